The van der Waals surface area contributed by atoms with Crippen LogP contribution in [-0.4, -0.2) is 34.2 Å². The van der Waals surface area contributed by atoms with Crippen molar-refractivity contribution in [3.05, 3.63) is 89.2 Å². The average molecular weight is 498 g/mol. The Balaban J connectivity index is 1.53. The van der Waals surface area contributed by atoms with E-state index in [9.17, 15) is 14.0 Å². The first kappa shape index (κ1) is 23.8. The van der Waals surface area contributed by atoms with Crippen molar-refractivity contribution in [1.82, 2.24) is 4.90 Å². The molecule has 1 fully saturated rings. The van der Waals surface area contributed by atoms with Crippen molar-refractivity contribution in [3.8, 4) is 5.75 Å². The lowest BCUT2D eigenvalue weighted by Crippen LogP contribution is -2.33. The highest BCUT2D eigenvalue weighted by Gasteiger charge is 2.39. The zero-order chi connectivity index (χ0) is 24.1. The number of aliphatic imine (C=N–C) groups is 1. The Bertz CT molecular complexity index is 1200. The van der Waals surface area contributed by atoms with Crippen LogP contribution in [-0.2, 0) is 16.1 Å². The fraction of sp³-hybridized carbons (Fsp3) is 0.160. The van der Waals surface area contributed by atoms with Gasteiger partial charge >= 0.3 is 0 Å². The monoisotopic (exact) mass is 497 g/mol. The summed E-state index contributed by atoms with van der Waals surface area (Å²) in [7, 11) is 1.59. The van der Waals surface area contributed by atoms with Crippen LogP contribution in [0.4, 0.5) is 15.8 Å². The third kappa shape index (κ3) is 5.95. The minimum absolute atomic E-state index is 0.0420. The second-order valence-corrected chi connectivity index (χ2v) is 9.12. The number of nitrogens with zero attached hydrogens (tertiary/aromatic N) is 2. The molecule has 1 N–H and O–H groups in total. The molecular weight excluding hydrogens is 477 g/mol. The number of carbonyl (C=O) groups excluding carboxylic acids is 2. The summed E-state index contributed by atoms with van der Waals surface area (Å²) in [5, 5.41) is 3.16. The van der Waals surface area contributed by atoms with Gasteiger partial charge in [0.2, 0.25) is 11.8 Å². The number of hydrogen-bond donors (Lipinski definition) is 1. The lowest BCUT2D eigenvalue weighted by atomic mass is 10.2. The van der Waals surface area contributed by atoms with Crippen molar-refractivity contribution >= 4 is 51.7 Å². The smallest absolute Gasteiger partial charge is 0.242 e. The molecule has 1 unspecified atom stereocenters. The van der Waals surface area contributed by atoms with E-state index in [0.29, 0.717) is 28.1 Å². The lowest BCUT2D eigenvalue weighted by Gasteiger charge is -2.17. The maximum Gasteiger partial charge on any atom is 0.242 e. The Morgan fingerprint density at radius 3 is 2.41 bits per heavy atom. The van der Waals surface area contributed by atoms with Crippen LogP contribution in [0.5, 0.6) is 5.75 Å². The van der Waals surface area contributed by atoms with Crippen LogP contribution in [0.15, 0.2) is 77.8 Å². The standard InChI is InChI=1S/C25H21ClFN3O3S/c1-33-21-12-2-16(3-13-21)15-30-24(32)22(14-23(31)28-19-10-6-18(27)7-11-19)34-25(30)29-20-8-4-17(26)5-9-20/h2-13,22H,14-15H2,1H3,(H,28,31). The molecule has 3 aromatic carbocycles. The van der Waals surface area contributed by atoms with Crippen molar-refractivity contribution in [2.75, 3.05) is 12.4 Å². The van der Waals surface area contributed by atoms with Gasteiger partial charge in [0.15, 0.2) is 5.17 Å². The number of rotatable bonds is 7. The van der Waals surface area contributed by atoms with Crippen LogP contribution in [0.25, 0.3) is 0 Å². The van der Waals surface area contributed by atoms with Gasteiger partial charge in [-0.15, -0.1) is 0 Å². The van der Waals surface area contributed by atoms with Gasteiger partial charge in [-0.2, -0.15) is 0 Å². The van der Waals surface area contributed by atoms with Crippen molar-refractivity contribution in [3.63, 3.8) is 0 Å². The average Bonchev–Trinajstić information content (AvgIpc) is 3.11. The highest BCUT2D eigenvalue weighted by atomic mass is 35.5. The summed E-state index contributed by atoms with van der Waals surface area (Å²) < 4.78 is 18.3. The van der Waals surface area contributed by atoms with Gasteiger partial charge in [0.25, 0.3) is 0 Å². The number of thioether (sulfide) groups is 1. The van der Waals surface area contributed by atoms with Crippen LogP contribution in [0.3, 0.4) is 0 Å². The van der Waals surface area contributed by atoms with Crippen molar-refractivity contribution in [2.45, 2.75) is 18.2 Å². The summed E-state index contributed by atoms with van der Waals surface area (Å²) in [6, 6.07) is 19.9. The van der Waals surface area contributed by atoms with Crippen molar-refractivity contribution in [2.24, 2.45) is 4.99 Å². The molecule has 4 rings (SSSR count). The molecular formula is C25H21ClFN3O3S. The summed E-state index contributed by atoms with van der Waals surface area (Å²) in [6.45, 7) is 0.304. The van der Waals surface area contributed by atoms with Gasteiger partial charge in [-0.05, 0) is 66.2 Å². The number of nitrogens with one attached hydrogen (secondary N) is 1. The predicted octanol–water partition coefficient (Wildman–Crippen LogP) is 5.65. The van der Waals surface area contributed by atoms with Crippen molar-refractivity contribution in [1.29, 1.82) is 0 Å². The van der Waals surface area contributed by atoms with Gasteiger partial charge in [0.05, 0.1) is 19.3 Å². The Kier molecular flexibility index (Phi) is 7.49. The molecule has 9 heteroatoms. The van der Waals surface area contributed by atoms with Crippen LogP contribution < -0.4 is 10.1 Å². The molecule has 174 valence electrons. The van der Waals surface area contributed by atoms with Gasteiger partial charge in [0.1, 0.15) is 16.8 Å². The largest absolute Gasteiger partial charge is 0.497 e. The number of benzene rings is 3. The third-order valence-electron chi connectivity index (χ3n) is 5.07. The van der Waals surface area contributed by atoms with Gasteiger partial charge in [-0.3, -0.25) is 14.5 Å². The van der Waals surface area contributed by atoms with E-state index in [-0.39, 0.29) is 18.2 Å². The summed E-state index contributed by atoms with van der Waals surface area (Å²) in [5.74, 6) is -0.217. The topological polar surface area (TPSA) is 71.0 Å². The number of amides is 2. The minimum Gasteiger partial charge on any atom is -0.497 e. The van der Waals surface area contributed by atoms with E-state index in [1.807, 2.05) is 24.3 Å². The zero-order valence-electron chi connectivity index (χ0n) is 18.2. The molecule has 0 spiro atoms. The first-order chi connectivity index (χ1) is 16.4. The maximum atomic E-state index is 13.3. The Labute approximate surface area is 205 Å². The van der Waals surface area contributed by atoms with E-state index < -0.39 is 11.1 Å². The number of ether oxygens (including phenoxy) is 1. The quantitative estimate of drug-likeness (QED) is 0.458. The Morgan fingerprint density at radius 2 is 1.76 bits per heavy atom. The first-order valence-corrected chi connectivity index (χ1v) is 11.7. The summed E-state index contributed by atoms with van der Waals surface area (Å²) in [5.41, 5.74) is 2.01. The minimum atomic E-state index is -0.634. The molecule has 0 radical (unpaired) electrons. The third-order valence-corrected chi connectivity index (χ3v) is 6.50. The molecule has 0 saturated carbocycles. The van der Waals surface area contributed by atoms with Crippen molar-refractivity contribution < 1.29 is 18.7 Å². The normalized spacial score (nSPS) is 16.7. The summed E-state index contributed by atoms with van der Waals surface area (Å²) >= 11 is 7.22. The van der Waals surface area contributed by atoms with E-state index in [0.717, 1.165) is 11.3 Å². The number of carbonyl (C=O) groups is 2. The lowest BCUT2D eigenvalue weighted by molar-refractivity contribution is -0.128. The second-order valence-electron chi connectivity index (χ2n) is 7.51. The molecule has 0 aromatic heterocycles. The number of hydrogen-bond acceptors (Lipinski definition) is 5. The van der Waals surface area contributed by atoms with Gasteiger partial charge in [0, 0.05) is 17.1 Å². The molecule has 1 aliphatic heterocycles. The molecule has 3 aromatic rings. The van der Waals surface area contributed by atoms with Crippen LogP contribution in [0, 0.1) is 5.82 Å². The summed E-state index contributed by atoms with van der Waals surface area (Å²) in [4.78, 5) is 32.1. The fourth-order valence-electron chi connectivity index (χ4n) is 3.32. The van der Waals surface area contributed by atoms with E-state index in [1.165, 1.54) is 36.0 Å². The highest BCUT2D eigenvalue weighted by molar-refractivity contribution is 8.15. The molecule has 1 atom stereocenters. The molecule has 1 heterocycles. The van der Waals surface area contributed by atoms with E-state index in [1.54, 1.807) is 36.3 Å². The Morgan fingerprint density at radius 1 is 1.09 bits per heavy atom. The fourth-order valence-corrected chi connectivity index (χ4v) is 4.61. The molecule has 0 aliphatic carbocycles. The molecule has 2 amide bonds. The van der Waals surface area contributed by atoms with Gasteiger partial charge in [-0.25, -0.2) is 9.38 Å². The number of amidine groups is 1. The van der Waals surface area contributed by atoms with Gasteiger partial charge < -0.3 is 10.1 Å². The predicted molar refractivity (Wildman–Crippen MR) is 133 cm³/mol. The highest BCUT2D eigenvalue weighted by Crippen LogP contribution is 2.33. The SMILES string of the molecule is COc1ccc(CN2C(=O)C(CC(=O)Nc3ccc(F)cc3)SC2=Nc2ccc(Cl)cc2)cc1. The first-order valence-electron chi connectivity index (χ1n) is 10.4. The van der Waals surface area contributed by atoms with Crippen LogP contribution in [0.1, 0.15) is 12.0 Å². The number of methoxy groups -OCH3 is 1. The Hall–Kier alpha value is -3.36. The second kappa shape index (κ2) is 10.7. The molecule has 0 bridgehead atoms. The number of halogens is 2. The zero-order valence-corrected chi connectivity index (χ0v) is 19.8. The van der Waals surface area contributed by atoms with E-state index in [2.05, 4.69) is 10.3 Å². The molecule has 1 saturated heterocycles. The van der Waals surface area contributed by atoms with Crippen LogP contribution >= 0.6 is 23.4 Å². The van der Waals surface area contributed by atoms with E-state index in [4.69, 9.17) is 16.3 Å². The summed E-state index contributed by atoms with van der Waals surface area (Å²) in [6.07, 6.45) is -0.0420. The molecule has 34 heavy (non-hydrogen) atoms. The maximum absolute atomic E-state index is 13.3. The van der Waals surface area contributed by atoms with Crippen LogP contribution in [0.2, 0.25) is 5.02 Å². The molecule has 6 nitrogen and oxygen atoms in total. The van der Waals surface area contributed by atoms with E-state index >= 15 is 0 Å². The van der Waals surface area contributed by atoms with Gasteiger partial charge in [-0.1, -0.05) is 35.5 Å². The number of anilines is 1. The molecule has 1 aliphatic rings.